The second kappa shape index (κ2) is 3.88. The first-order valence-corrected chi connectivity index (χ1v) is 4.48. The number of benzene rings is 1. The highest BCUT2D eigenvalue weighted by Gasteiger charge is 2.01. The van der Waals surface area contributed by atoms with Gasteiger partial charge in [0.05, 0.1) is 0 Å². The summed E-state index contributed by atoms with van der Waals surface area (Å²) in [7, 11) is 0. The van der Waals surface area contributed by atoms with Gasteiger partial charge in [-0.3, -0.25) is 4.79 Å². The van der Waals surface area contributed by atoms with Crippen LogP contribution in [0.2, 0.25) is 0 Å². The van der Waals surface area contributed by atoms with Crippen LogP contribution in [0.5, 0.6) is 5.88 Å². The van der Waals surface area contributed by atoms with E-state index in [0.29, 0.717) is 6.41 Å². The van der Waals surface area contributed by atoms with Gasteiger partial charge in [0.1, 0.15) is 0 Å². The van der Waals surface area contributed by atoms with E-state index in [4.69, 9.17) is 0 Å². The fraction of sp³-hybridized carbons (Fsp3) is 0. The van der Waals surface area contributed by atoms with Gasteiger partial charge in [-0.2, -0.15) is 0 Å². The molecule has 0 fully saturated rings. The summed E-state index contributed by atoms with van der Waals surface area (Å²) in [5, 5.41) is 12.7. The van der Waals surface area contributed by atoms with E-state index in [0.717, 1.165) is 16.5 Å². The first-order chi connectivity index (χ1) is 7.31. The Kier molecular flexibility index (Phi) is 2.41. The number of H-pyrrole nitrogens is 1. The molecule has 2 aromatic rings. The van der Waals surface area contributed by atoms with Gasteiger partial charge in [-0.15, -0.1) is 0 Å². The molecule has 0 aliphatic heterocycles. The molecule has 76 valence electrons. The van der Waals surface area contributed by atoms with Crippen LogP contribution in [-0.2, 0) is 4.79 Å². The molecule has 4 heteroatoms. The average Bonchev–Trinajstić information content (AvgIpc) is 2.59. The van der Waals surface area contributed by atoms with Crippen LogP contribution in [0.25, 0.3) is 17.0 Å². The van der Waals surface area contributed by atoms with E-state index in [2.05, 4.69) is 10.3 Å². The maximum atomic E-state index is 10.1. The van der Waals surface area contributed by atoms with E-state index in [1.54, 1.807) is 18.3 Å². The second-order valence-corrected chi connectivity index (χ2v) is 3.08. The van der Waals surface area contributed by atoms with Crippen molar-refractivity contribution in [1.29, 1.82) is 0 Å². The van der Waals surface area contributed by atoms with E-state index >= 15 is 0 Å². The summed E-state index contributed by atoms with van der Waals surface area (Å²) < 4.78 is 0. The van der Waals surface area contributed by atoms with E-state index < -0.39 is 0 Å². The van der Waals surface area contributed by atoms with Crippen molar-refractivity contribution in [1.82, 2.24) is 10.3 Å². The monoisotopic (exact) mass is 202 g/mol. The van der Waals surface area contributed by atoms with Crippen molar-refractivity contribution in [2.75, 3.05) is 0 Å². The summed E-state index contributed by atoms with van der Waals surface area (Å²) in [6, 6.07) is 7.30. The molecule has 0 unspecified atom stereocenters. The summed E-state index contributed by atoms with van der Waals surface area (Å²) in [4.78, 5) is 12.9. The topological polar surface area (TPSA) is 65.1 Å². The highest BCUT2D eigenvalue weighted by Crippen LogP contribution is 2.23. The molecule has 1 aromatic heterocycles. The molecule has 4 nitrogen and oxygen atoms in total. The van der Waals surface area contributed by atoms with Crippen LogP contribution >= 0.6 is 0 Å². The largest absolute Gasteiger partial charge is 0.495 e. The Bertz CT molecular complexity index is 514. The molecule has 1 amide bonds. The zero-order chi connectivity index (χ0) is 10.7. The van der Waals surface area contributed by atoms with E-state index in [9.17, 15) is 9.90 Å². The molecule has 0 bridgehead atoms. The normalized spacial score (nSPS) is 10.9. The Labute approximate surface area is 86.2 Å². The summed E-state index contributed by atoms with van der Waals surface area (Å²) in [5.74, 6) is 0.134. The number of carbonyl (C=O) groups excluding carboxylic acids is 1. The van der Waals surface area contributed by atoms with Gasteiger partial charge in [-0.05, 0) is 17.7 Å². The number of hydrogen-bond acceptors (Lipinski definition) is 2. The number of aromatic amines is 1. The van der Waals surface area contributed by atoms with Gasteiger partial charge in [-0.1, -0.05) is 12.1 Å². The van der Waals surface area contributed by atoms with Crippen molar-refractivity contribution >= 4 is 23.4 Å². The maximum absolute atomic E-state index is 10.1. The van der Waals surface area contributed by atoms with Gasteiger partial charge >= 0.3 is 0 Å². The summed E-state index contributed by atoms with van der Waals surface area (Å²) in [6.07, 6.45) is 3.92. The zero-order valence-electron chi connectivity index (χ0n) is 7.90. The zero-order valence-corrected chi connectivity index (χ0v) is 7.90. The van der Waals surface area contributed by atoms with E-state index in [1.807, 2.05) is 18.2 Å². The molecule has 0 spiro atoms. The summed E-state index contributed by atoms with van der Waals surface area (Å²) in [5.41, 5.74) is 1.79. The molecule has 1 aromatic carbocycles. The van der Waals surface area contributed by atoms with E-state index in [-0.39, 0.29) is 5.88 Å². The molecule has 3 N–H and O–H groups in total. The number of rotatable bonds is 3. The second-order valence-electron chi connectivity index (χ2n) is 3.08. The fourth-order valence-corrected chi connectivity index (χ4v) is 1.49. The summed E-state index contributed by atoms with van der Waals surface area (Å²) >= 11 is 0. The molecule has 1 heterocycles. The van der Waals surface area contributed by atoms with Gasteiger partial charge < -0.3 is 15.4 Å². The number of hydrogen-bond donors (Lipinski definition) is 3. The first-order valence-electron chi connectivity index (χ1n) is 4.48. The Morgan fingerprint density at radius 3 is 3.07 bits per heavy atom. The molecule has 15 heavy (non-hydrogen) atoms. The first kappa shape index (κ1) is 9.33. The molecule has 0 aliphatic carbocycles. The lowest BCUT2D eigenvalue weighted by molar-refractivity contribution is -0.108. The smallest absolute Gasteiger partial charge is 0.211 e. The molecular formula is C11H10N2O2. The predicted octanol–water partition coefficient (Wildman–Crippen LogP) is 1.59. The van der Waals surface area contributed by atoms with Gasteiger partial charge in [0, 0.05) is 23.2 Å². The third kappa shape index (κ3) is 1.83. The highest BCUT2D eigenvalue weighted by atomic mass is 16.3. The van der Waals surface area contributed by atoms with Crippen molar-refractivity contribution in [3.63, 3.8) is 0 Å². The summed E-state index contributed by atoms with van der Waals surface area (Å²) in [6.45, 7) is 0. The van der Waals surface area contributed by atoms with Crippen molar-refractivity contribution in [3.05, 3.63) is 36.0 Å². The molecule has 0 saturated heterocycles. The quantitative estimate of drug-likeness (QED) is 0.662. The fourth-order valence-electron chi connectivity index (χ4n) is 1.49. The third-order valence-corrected chi connectivity index (χ3v) is 2.11. The molecule has 0 saturated carbocycles. The number of amides is 1. The van der Waals surface area contributed by atoms with Gasteiger partial charge in [0.15, 0.2) is 5.88 Å². The van der Waals surface area contributed by atoms with Crippen molar-refractivity contribution in [2.45, 2.75) is 0 Å². The molecule has 0 atom stereocenters. The standard InChI is InChI=1S/C11H10N2O2/c14-7-12-5-4-8-2-1-3-10-9(8)6-11(15)13-10/h1-7,13,15H,(H,12,14)/b5-4+. The molecule has 0 aliphatic rings. The minimum Gasteiger partial charge on any atom is -0.495 e. The lowest BCUT2D eigenvalue weighted by Crippen LogP contribution is -1.97. The van der Waals surface area contributed by atoms with Crippen LogP contribution in [0.1, 0.15) is 5.56 Å². The SMILES string of the molecule is O=CN/C=C/c1cccc2[nH]c(O)cc12. The Balaban J connectivity index is 2.45. The van der Waals surface area contributed by atoms with E-state index in [1.165, 1.54) is 0 Å². The number of aromatic hydroxyl groups is 1. The number of fused-ring (bicyclic) bond motifs is 1. The number of nitrogens with one attached hydrogen (secondary N) is 2. The van der Waals surface area contributed by atoms with Gasteiger partial charge in [0.2, 0.25) is 6.41 Å². The Morgan fingerprint density at radius 2 is 2.27 bits per heavy atom. The van der Waals surface area contributed by atoms with Gasteiger partial charge in [0.25, 0.3) is 0 Å². The van der Waals surface area contributed by atoms with Crippen LogP contribution in [-0.4, -0.2) is 16.5 Å². The van der Waals surface area contributed by atoms with Gasteiger partial charge in [-0.25, -0.2) is 0 Å². The lowest BCUT2D eigenvalue weighted by atomic mass is 10.1. The minimum atomic E-state index is 0.134. The van der Waals surface area contributed by atoms with Crippen LogP contribution in [0, 0.1) is 0 Å². The maximum Gasteiger partial charge on any atom is 0.211 e. The Morgan fingerprint density at radius 1 is 1.40 bits per heavy atom. The van der Waals surface area contributed by atoms with Crippen LogP contribution in [0.3, 0.4) is 0 Å². The van der Waals surface area contributed by atoms with Crippen molar-refractivity contribution < 1.29 is 9.90 Å². The van der Waals surface area contributed by atoms with Crippen LogP contribution in [0.15, 0.2) is 30.5 Å². The van der Waals surface area contributed by atoms with Crippen molar-refractivity contribution in [3.8, 4) is 5.88 Å². The Hall–Kier alpha value is -2.23. The van der Waals surface area contributed by atoms with Crippen molar-refractivity contribution in [2.24, 2.45) is 0 Å². The molecule has 2 rings (SSSR count). The average molecular weight is 202 g/mol. The molecular weight excluding hydrogens is 192 g/mol. The predicted molar refractivity (Wildman–Crippen MR) is 58.2 cm³/mol. The minimum absolute atomic E-state index is 0.134. The highest BCUT2D eigenvalue weighted by molar-refractivity contribution is 5.89. The van der Waals surface area contributed by atoms with Crippen LogP contribution in [0.4, 0.5) is 0 Å². The van der Waals surface area contributed by atoms with Crippen LogP contribution < -0.4 is 5.32 Å². The molecule has 0 radical (unpaired) electrons. The number of aromatic nitrogens is 1. The third-order valence-electron chi connectivity index (χ3n) is 2.11. The lowest BCUT2D eigenvalue weighted by Gasteiger charge is -1.95. The number of carbonyl (C=O) groups is 1.